The summed E-state index contributed by atoms with van der Waals surface area (Å²) in [4.78, 5) is 11.8. The number of rotatable bonds is 6. The van der Waals surface area contributed by atoms with Gasteiger partial charge in [-0.15, -0.1) is 0 Å². The average molecular weight is 336 g/mol. The zero-order valence-corrected chi connectivity index (χ0v) is 13.6. The standard InChI is InChI=1S/C17H21F5O/c1-10(2)7-12-5-6-14(13(9-12)8-11(3)4)15(23)16(18,19)17(20,21)22/h5-6,9-11H,7-8H2,1-4H3. The Bertz CT molecular complexity index is 559. The van der Waals surface area contributed by atoms with Gasteiger partial charge in [-0.25, -0.2) is 0 Å². The molecule has 0 atom stereocenters. The molecule has 130 valence electrons. The molecule has 0 saturated carbocycles. The molecule has 0 bridgehead atoms. The van der Waals surface area contributed by atoms with Gasteiger partial charge in [0.25, 0.3) is 0 Å². The predicted molar refractivity (Wildman–Crippen MR) is 78.9 cm³/mol. The molecule has 1 aromatic carbocycles. The normalized spacial score (nSPS) is 13.0. The number of ketones is 1. The van der Waals surface area contributed by atoms with Crippen molar-refractivity contribution in [2.75, 3.05) is 0 Å². The highest BCUT2D eigenvalue weighted by atomic mass is 19.4. The van der Waals surface area contributed by atoms with Gasteiger partial charge in [-0.2, -0.15) is 22.0 Å². The minimum absolute atomic E-state index is 0.0235. The number of alkyl halides is 5. The molecule has 0 aliphatic rings. The summed E-state index contributed by atoms with van der Waals surface area (Å²) in [5, 5.41) is 0. The second kappa shape index (κ2) is 6.97. The summed E-state index contributed by atoms with van der Waals surface area (Å²) >= 11 is 0. The molecule has 23 heavy (non-hydrogen) atoms. The Morgan fingerprint density at radius 1 is 0.957 bits per heavy atom. The first-order valence-corrected chi connectivity index (χ1v) is 7.47. The van der Waals surface area contributed by atoms with E-state index in [-0.39, 0.29) is 17.9 Å². The molecule has 0 amide bonds. The van der Waals surface area contributed by atoms with Gasteiger partial charge < -0.3 is 0 Å². The third kappa shape index (κ3) is 4.75. The van der Waals surface area contributed by atoms with E-state index in [2.05, 4.69) is 0 Å². The van der Waals surface area contributed by atoms with Crippen LogP contribution >= 0.6 is 0 Å². The van der Waals surface area contributed by atoms with Gasteiger partial charge in [-0.1, -0.05) is 45.9 Å². The molecule has 0 radical (unpaired) electrons. The first kappa shape index (κ1) is 19.6. The van der Waals surface area contributed by atoms with E-state index in [1.54, 1.807) is 6.07 Å². The van der Waals surface area contributed by atoms with Gasteiger partial charge in [0.1, 0.15) is 0 Å². The largest absolute Gasteiger partial charge is 0.461 e. The number of hydrogen-bond donors (Lipinski definition) is 0. The van der Waals surface area contributed by atoms with Crippen LogP contribution in [-0.2, 0) is 12.8 Å². The van der Waals surface area contributed by atoms with Gasteiger partial charge in [0.15, 0.2) is 0 Å². The summed E-state index contributed by atoms with van der Waals surface area (Å²) in [6.45, 7) is 7.56. The molecule has 1 nitrogen and oxygen atoms in total. The summed E-state index contributed by atoms with van der Waals surface area (Å²) in [7, 11) is 0. The lowest BCUT2D eigenvalue weighted by Gasteiger charge is -2.21. The van der Waals surface area contributed by atoms with Crippen molar-refractivity contribution < 1.29 is 26.7 Å². The topological polar surface area (TPSA) is 17.1 Å². The van der Waals surface area contributed by atoms with Crippen molar-refractivity contribution in [1.82, 2.24) is 0 Å². The maximum atomic E-state index is 13.4. The van der Waals surface area contributed by atoms with Crippen LogP contribution in [0.15, 0.2) is 18.2 Å². The number of Topliss-reactive ketones (excluding diaryl/α,β-unsaturated/α-hetero) is 1. The summed E-state index contributed by atoms with van der Waals surface area (Å²) in [5.41, 5.74) is 0.517. The zero-order valence-electron chi connectivity index (χ0n) is 13.6. The van der Waals surface area contributed by atoms with Crippen LogP contribution in [0.5, 0.6) is 0 Å². The van der Waals surface area contributed by atoms with E-state index >= 15 is 0 Å². The predicted octanol–water partition coefficient (Wildman–Crippen LogP) is 5.46. The zero-order chi connectivity index (χ0) is 18.0. The third-order valence-corrected chi connectivity index (χ3v) is 3.33. The van der Waals surface area contributed by atoms with Crippen molar-refractivity contribution >= 4 is 5.78 Å². The Balaban J connectivity index is 3.31. The first-order chi connectivity index (χ1) is 10.4. The molecule has 0 heterocycles. The Hall–Kier alpha value is -1.46. The van der Waals surface area contributed by atoms with Crippen molar-refractivity contribution in [3.05, 3.63) is 34.9 Å². The highest BCUT2D eigenvalue weighted by Crippen LogP contribution is 2.39. The lowest BCUT2D eigenvalue weighted by molar-refractivity contribution is -0.255. The second-order valence-corrected chi connectivity index (χ2v) is 6.59. The average Bonchev–Trinajstić information content (AvgIpc) is 2.35. The van der Waals surface area contributed by atoms with Crippen LogP contribution < -0.4 is 0 Å². The van der Waals surface area contributed by atoms with Crippen LogP contribution in [0.2, 0.25) is 0 Å². The van der Waals surface area contributed by atoms with E-state index in [1.807, 2.05) is 27.7 Å². The Morgan fingerprint density at radius 2 is 1.48 bits per heavy atom. The highest BCUT2D eigenvalue weighted by molar-refractivity contribution is 6.03. The SMILES string of the molecule is CC(C)Cc1ccc(C(=O)C(F)(F)C(F)(F)F)c(CC(C)C)c1. The monoisotopic (exact) mass is 336 g/mol. The second-order valence-electron chi connectivity index (χ2n) is 6.59. The number of hydrogen-bond acceptors (Lipinski definition) is 1. The Kier molecular flexibility index (Phi) is 5.94. The Labute approximate surface area is 132 Å². The van der Waals surface area contributed by atoms with Crippen molar-refractivity contribution in [1.29, 1.82) is 0 Å². The van der Waals surface area contributed by atoms with Gasteiger partial charge in [0.05, 0.1) is 0 Å². The highest BCUT2D eigenvalue weighted by Gasteiger charge is 2.63. The molecule has 0 N–H and O–H groups in total. The summed E-state index contributed by atoms with van der Waals surface area (Å²) in [6, 6.07) is 4.11. The first-order valence-electron chi connectivity index (χ1n) is 7.47. The summed E-state index contributed by atoms with van der Waals surface area (Å²) in [6.07, 6.45) is -4.97. The lowest BCUT2D eigenvalue weighted by Crippen LogP contribution is -2.44. The lowest BCUT2D eigenvalue weighted by atomic mass is 9.90. The van der Waals surface area contributed by atoms with Crippen LogP contribution in [0.3, 0.4) is 0 Å². The molecule has 0 fully saturated rings. The molecular formula is C17H21F5O. The van der Waals surface area contributed by atoms with Crippen molar-refractivity contribution in [2.45, 2.75) is 52.6 Å². The summed E-state index contributed by atoms with van der Waals surface area (Å²) in [5.74, 6) is -7.23. The van der Waals surface area contributed by atoms with Gasteiger partial charge in [0.2, 0.25) is 5.78 Å². The van der Waals surface area contributed by atoms with Crippen molar-refractivity contribution in [3.63, 3.8) is 0 Å². The van der Waals surface area contributed by atoms with Crippen molar-refractivity contribution in [3.8, 4) is 0 Å². The minimum Gasteiger partial charge on any atom is -0.287 e. The molecule has 6 heteroatoms. The molecule has 0 aliphatic carbocycles. The van der Waals surface area contributed by atoms with E-state index in [0.29, 0.717) is 12.3 Å². The number of halogens is 5. The van der Waals surface area contributed by atoms with Crippen LogP contribution in [-0.4, -0.2) is 17.9 Å². The molecule has 0 saturated heterocycles. The summed E-state index contributed by atoms with van der Waals surface area (Å²) < 4.78 is 64.1. The minimum atomic E-state index is -5.89. The van der Waals surface area contributed by atoms with Crippen LogP contribution in [0.1, 0.15) is 49.2 Å². The third-order valence-electron chi connectivity index (χ3n) is 3.33. The van der Waals surface area contributed by atoms with Gasteiger partial charge >= 0.3 is 12.1 Å². The quantitative estimate of drug-likeness (QED) is 0.498. The molecule has 1 rings (SSSR count). The Morgan fingerprint density at radius 3 is 1.91 bits per heavy atom. The van der Waals surface area contributed by atoms with Crippen LogP contribution in [0.4, 0.5) is 22.0 Å². The smallest absolute Gasteiger partial charge is 0.287 e. The van der Waals surface area contributed by atoms with E-state index in [4.69, 9.17) is 0 Å². The van der Waals surface area contributed by atoms with E-state index in [1.165, 1.54) is 6.07 Å². The molecule has 1 aromatic rings. The van der Waals surface area contributed by atoms with Gasteiger partial charge in [-0.3, -0.25) is 4.79 Å². The van der Waals surface area contributed by atoms with Gasteiger partial charge in [0, 0.05) is 5.56 Å². The molecule has 0 unspecified atom stereocenters. The molecular weight excluding hydrogens is 315 g/mol. The van der Waals surface area contributed by atoms with Crippen LogP contribution in [0.25, 0.3) is 0 Å². The van der Waals surface area contributed by atoms with E-state index < -0.39 is 23.4 Å². The number of carbonyl (C=O) groups excluding carboxylic acids is 1. The maximum absolute atomic E-state index is 13.4. The van der Waals surface area contributed by atoms with Crippen molar-refractivity contribution in [2.24, 2.45) is 11.8 Å². The fraction of sp³-hybridized carbons (Fsp3) is 0.588. The fourth-order valence-electron chi connectivity index (χ4n) is 2.37. The molecule has 0 aliphatic heterocycles. The molecule has 0 aromatic heterocycles. The van der Waals surface area contributed by atoms with Crippen LogP contribution in [0, 0.1) is 11.8 Å². The van der Waals surface area contributed by atoms with Gasteiger partial charge in [-0.05, 0) is 35.8 Å². The number of carbonyl (C=O) groups is 1. The molecule has 0 spiro atoms. The fourth-order valence-corrected chi connectivity index (χ4v) is 2.37. The van der Waals surface area contributed by atoms with E-state index in [9.17, 15) is 26.7 Å². The maximum Gasteiger partial charge on any atom is 0.461 e. The number of benzene rings is 1. The van der Waals surface area contributed by atoms with E-state index in [0.717, 1.165) is 11.6 Å².